The first-order chi connectivity index (χ1) is 9.29. The largest absolute Gasteiger partial charge is 0.375 e. The average Bonchev–Trinajstić information content (AvgIpc) is 2.90. The molecule has 2 aliphatic heterocycles. The topological polar surface area (TPSA) is 70.2 Å². The lowest BCUT2D eigenvalue weighted by Gasteiger charge is -2.32. The number of nitrogens with zero attached hydrogens (tertiary/aromatic N) is 2. The summed E-state index contributed by atoms with van der Waals surface area (Å²) in [7, 11) is 0. The number of carbonyl (C=O) groups excluding carboxylic acids is 1. The molecule has 2 aliphatic rings. The summed E-state index contributed by atoms with van der Waals surface area (Å²) in [6.45, 7) is 5.70. The molecule has 1 aromatic rings. The molecule has 2 N–H and O–H groups in total. The van der Waals surface area contributed by atoms with E-state index in [4.69, 9.17) is 4.74 Å². The number of ether oxygens (including phenoxy) is 1. The van der Waals surface area contributed by atoms with Gasteiger partial charge in [0.1, 0.15) is 0 Å². The molecule has 1 amide bonds. The normalized spacial score (nSPS) is 23.2. The van der Waals surface area contributed by atoms with Crippen LogP contribution in [0.3, 0.4) is 0 Å². The Morgan fingerprint density at radius 2 is 2.47 bits per heavy atom. The van der Waals surface area contributed by atoms with Crippen molar-refractivity contribution >= 4 is 5.91 Å². The quantitative estimate of drug-likeness (QED) is 0.806. The third kappa shape index (κ3) is 2.37. The minimum absolute atomic E-state index is 0.0305. The van der Waals surface area contributed by atoms with E-state index >= 15 is 0 Å². The number of fused-ring (bicyclic) bond motifs is 1. The Balaban J connectivity index is 1.78. The number of carbonyl (C=O) groups is 1. The van der Waals surface area contributed by atoms with Gasteiger partial charge in [0.2, 0.25) is 0 Å². The van der Waals surface area contributed by atoms with Gasteiger partial charge in [-0.2, -0.15) is 5.10 Å². The van der Waals surface area contributed by atoms with Crippen molar-refractivity contribution in [2.24, 2.45) is 0 Å². The first kappa shape index (κ1) is 12.6. The van der Waals surface area contributed by atoms with Gasteiger partial charge >= 0.3 is 0 Å². The van der Waals surface area contributed by atoms with Crippen LogP contribution >= 0.6 is 0 Å². The zero-order valence-corrected chi connectivity index (χ0v) is 11.2. The van der Waals surface area contributed by atoms with Gasteiger partial charge in [0.05, 0.1) is 12.7 Å². The highest BCUT2D eigenvalue weighted by Crippen LogP contribution is 2.18. The maximum Gasteiger partial charge on any atom is 0.274 e. The molecular formula is C13H20N4O2. The number of rotatable bonds is 2. The molecule has 6 nitrogen and oxygen atoms in total. The molecule has 1 atom stereocenters. The van der Waals surface area contributed by atoms with E-state index in [9.17, 15) is 4.79 Å². The smallest absolute Gasteiger partial charge is 0.274 e. The van der Waals surface area contributed by atoms with Crippen LogP contribution in [0, 0.1) is 0 Å². The minimum Gasteiger partial charge on any atom is -0.375 e. The molecule has 0 aliphatic carbocycles. The second kappa shape index (κ2) is 5.30. The highest BCUT2D eigenvalue weighted by Gasteiger charge is 2.29. The predicted octanol–water partition coefficient (Wildman–Crippen LogP) is 0.306. The molecule has 3 heterocycles. The Morgan fingerprint density at radius 3 is 3.32 bits per heavy atom. The van der Waals surface area contributed by atoms with E-state index in [1.165, 1.54) is 0 Å². The molecule has 6 heteroatoms. The second-order valence-electron chi connectivity index (χ2n) is 5.11. The van der Waals surface area contributed by atoms with Crippen molar-refractivity contribution in [2.75, 3.05) is 26.2 Å². The van der Waals surface area contributed by atoms with Gasteiger partial charge in [-0.15, -0.1) is 0 Å². The van der Waals surface area contributed by atoms with Gasteiger partial charge in [0, 0.05) is 43.9 Å². The van der Waals surface area contributed by atoms with Crippen molar-refractivity contribution in [3.8, 4) is 0 Å². The molecule has 1 aromatic heterocycles. The Hall–Kier alpha value is -1.40. The van der Waals surface area contributed by atoms with E-state index in [2.05, 4.69) is 22.4 Å². The highest BCUT2D eigenvalue weighted by molar-refractivity contribution is 5.94. The van der Waals surface area contributed by atoms with Crippen molar-refractivity contribution < 1.29 is 9.53 Å². The summed E-state index contributed by atoms with van der Waals surface area (Å²) < 4.78 is 5.60. The fourth-order valence-corrected chi connectivity index (χ4v) is 2.70. The number of hydrogen-bond donors (Lipinski definition) is 2. The van der Waals surface area contributed by atoms with Gasteiger partial charge in [-0.3, -0.25) is 9.89 Å². The average molecular weight is 264 g/mol. The summed E-state index contributed by atoms with van der Waals surface area (Å²) in [4.78, 5) is 14.4. The minimum atomic E-state index is 0.0305. The lowest BCUT2D eigenvalue weighted by atomic mass is 10.1. The molecule has 0 spiro atoms. The van der Waals surface area contributed by atoms with E-state index in [0.717, 1.165) is 37.2 Å². The van der Waals surface area contributed by atoms with Crippen LogP contribution in [0.1, 0.15) is 35.1 Å². The lowest BCUT2D eigenvalue weighted by molar-refractivity contribution is -0.0228. The van der Waals surface area contributed by atoms with Gasteiger partial charge < -0.3 is 15.0 Å². The van der Waals surface area contributed by atoms with E-state index in [-0.39, 0.29) is 12.0 Å². The Kier molecular flexibility index (Phi) is 3.52. The highest BCUT2D eigenvalue weighted by atomic mass is 16.5. The SMILES string of the molecule is CCC1CN(C(=O)c2n[nH]c3c2CNCC3)CCO1. The van der Waals surface area contributed by atoms with Crippen LogP contribution in [0.25, 0.3) is 0 Å². The molecule has 1 saturated heterocycles. The van der Waals surface area contributed by atoms with Crippen LogP contribution in [0.2, 0.25) is 0 Å². The van der Waals surface area contributed by atoms with Crippen LogP contribution < -0.4 is 5.32 Å². The van der Waals surface area contributed by atoms with Crippen LogP contribution in [0.15, 0.2) is 0 Å². The van der Waals surface area contributed by atoms with Crippen molar-refractivity contribution in [1.82, 2.24) is 20.4 Å². The van der Waals surface area contributed by atoms with Crippen molar-refractivity contribution in [2.45, 2.75) is 32.4 Å². The van der Waals surface area contributed by atoms with E-state index in [0.29, 0.717) is 25.4 Å². The maximum atomic E-state index is 12.6. The summed E-state index contributed by atoms with van der Waals surface area (Å²) in [6.07, 6.45) is 2.01. The number of hydrogen-bond acceptors (Lipinski definition) is 4. The number of morpholine rings is 1. The summed E-state index contributed by atoms with van der Waals surface area (Å²) in [5, 5.41) is 10.5. The molecule has 0 radical (unpaired) electrons. The lowest BCUT2D eigenvalue weighted by Crippen LogP contribution is -2.45. The number of aromatic amines is 1. The Morgan fingerprint density at radius 1 is 1.58 bits per heavy atom. The number of nitrogens with one attached hydrogen (secondary N) is 2. The standard InChI is InChI=1S/C13H20N4O2/c1-2-9-8-17(5-6-19-9)13(18)12-10-7-14-4-3-11(10)15-16-12/h9,14H,2-8H2,1H3,(H,15,16). The molecule has 1 fully saturated rings. The Bertz CT molecular complexity index is 471. The predicted molar refractivity (Wildman–Crippen MR) is 69.9 cm³/mol. The van der Waals surface area contributed by atoms with Crippen LogP contribution in [0.4, 0.5) is 0 Å². The number of aromatic nitrogens is 2. The molecule has 3 rings (SSSR count). The fraction of sp³-hybridized carbons (Fsp3) is 0.692. The van der Waals surface area contributed by atoms with Crippen molar-refractivity contribution in [3.05, 3.63) is 17.0 Å². The second-order valence-corrected chi connectivity index (χ2v) is 5.11. The summed E-state index contributed by atoms with van der Waals surface area (Å²) in [6, 6.07) is 0. The third-order valence-corrected chi connectivity index (χ3v) is 3.89. The third-order valence-electron chi connectivity index (χ3n) is 3.89. The molecule has 19 heavy (non-hydrogen) atoms. The first-order valence-electron chi connectivity index (χ1n) is 6.97. The van der Waals surface area contributed by atoms with Crippen LogP contribution in [-0.2, 0) is 17.7 Å². The van der Waals surface area contributed by atoms with Crippen molar-refractivity contribution in [3.63, 3.8) is 0 Å². The first-order valence-corrected chi connectivity index (χ1v) is 6.97. The van der Waals surface area contributed by atoms with Crippen molar-refractivity contribution in [1.29, 1.82) is 0 Å². The monoisotopic (exact) mass is 264 g/mol. The molecule has 0 bridgehead atoms. The Labute approximate surface area is 112 Å². The number of H-pyrrole nitrogens is 1. The molecule has 104 valence electrons. The molecule has 0 saturated carbocycles. The molecular weight excluding hydrogens is 244 g/mol. The van der Waals surface area contributed by atoms with Gasteiger partial charge in [-0.1, -0.05) is 6.92 Å². The van der Waals surface area contributed by atoms with E-state index < -0.39 is 0 Å². The zero-order chi connectivity index (χ0) is 13.2. The van der Waals surface area contributed by atoms with E-state index in [1.54, 1.807) is 0 Å². The summed E-state index contributed by atoms with van der Waals surface area (Å²) >= 11 is 0. The number of amides is 1. The maximum absolute atomic E-state index is 12.6. The molecule has 0 aromatic carbocycles. The van der Waals surface area contributed by atoms with Crippen LogP contribution in [-0.4, -0.2) is 53.3 Å². The summed E-state index contributed by atoms with van der Waals surface area (Å²) in [5.74, 6) is 0.0305. The van der Waals surface area contributed by atoms with Gasteiger partial charge in [-0.05, 0) is 6.42 Å². The van der Waals surface area contributed by atoms with Crippen LogP contribution in [0.5, 0.6) is 0 Å². The summed E-state index contributed by atoms with van der Waals surface area (Å²) in [5.41, 5.74) is 2.72. The fourth-order valence-electron chi connectivity index (χ4n) is 2.70. The zero-order valence-electron chi connectivity index (χ0n) is 11.2. The molecule has 1 unspecified atom stereocenters. The van der Waals surface area contributed by atoms with E-state index in [1.807, 2.05) is 4.90 Å². The van der Waals surface area contributed by atoms with Gasteiger partial charge in [0.15, 0.2) is 5.69 Å². The van der Waals surface area contributed by atoms with Gasteiger partial charge in [0.25, 0.3) is 5.91 Å². The van der Waals surface area contributed by atoms with Gasteiger partial charge in [-0.25, -0.2) is 0 Å².